The van der Waals surface area contributed by atoms with Gasteiger partial charge in [0.2, 0.25) is 5.91 Å². The highest BCUT2D eigenvalue weighted by Gasteiger charge is 2.36. The van der Waals surface area contributed by atoms with Crippen molar-refractivity contribution in [1.82, 2.24) is 9.47 Å². The first kappa shape index (κ1) is 18.0. The number of nitrogens with one attached hydrogen (secondary N) is 1. The molecule has 0 saturated carbocycles. The Morgan fingerprint density at radius 3 is 2.73 bits per heavy atom. The van der Waals surface area contributed by atoms with E-state index in [1.165, 1.54) is 9.47 Å². The lowest BCUT2D eigenvalue weighted by atomic mass is 10.2. The normalized spacial score (nSPS) is 17.5. The van der Waals surface area contributed by atoms with Gasteiger partial charge in [0.15, 0.2) is 5.58 Å². The predicted molar refractivity (Wildman–Crippen MR) is 96.0 cm³/mol. The first-order chi connectivity index (χ1) is 12.2. The molecule has 1 fully saturated rings. The Balaban J connectivity index is 1.74. The van der Waals surface area contributed by atoms with E-state index in [1.807, 2.05) is 0 Å². The lowest BCUT2D eigenvalue weighted by Crippen LogP contribution is -2.45. The molecule has 0 aliphatic carbocycles. The maximum atomic E-state index is 12.6. The molecule has 8 nitrogen and oxygen atoms in total. The first-order valence-electron chi connectivity index (χ1n) is 8.56. The number of hydrogen-bond donors (Lipinski definition) is 1. The summed E-state index contributed by atoms with van der Waals surface area (Å²) in [7, 11) is 1.61. The Kier molecular flexibility index (Phi) is 4.52. The largest absolute Gasteiger partial charge is 0.444 e. The van der Waals surface area contributed by atoms with Crippen LogP contribution in [0.2, 0.25) is 0 Å². The number of rotatable bonds is 2. The van der Waals surface area contributed by atoms with Gasteiger partial charge in [-0.2, -0.15) is 0 Å². The summed E-state index contributed by atoms with van der Waals surface area (Å²) in [5.74, 6) is -0.749. The molecule has 1 aromatic carbocycles. The summed E-state index contributed by atoms with van der Waals surface area (Å²) in [5.41, 5.74) is 0.930. The SMILES string of the molecule is Cn1c(=O)oc2cc(NC(=O)[C@@H]3CCCN3C(=O)OC(C)(C)C)ccc21. The maximum Gasteiger partial charge on any atom is 0.419 e. The maximum absolute atomic E-state index is 12.6. The Labute approximate surface area is 150 Å². The Morgan fingerprint density at radius 2 is 2.04 bits per heavy atom. The topological polar surface area (TPSA) is 93.8 Å². The van der Waals surface area contributed by atoms with Crippen molar-refractivity contribution in [3.05, 3.63) is 28.7 Å². The fourth-order valence-electron chi connectivity index (χ4n) is 3.02. The van der Waals surface area contributed by atoms with Gasteiger partial charge < -0.3 is 14.5 Å². The van der Waals surface area contributed by atoms with Gasteiger partial charge in [-0.1, -0.05) is 0 Å². The first-order valence-corrected chi connectivity index (χ1v) is 8.56. The Morgan fingerprint density at radius 1 is 1.31 bits per heavy atom. The predicted octanol–water partition coefficient (Wildman–Crippen LogP) is 2.47. The van der Waals surface area contributed by atoms with Crippen LogP contribution in [0.4, 0.5) is 10.5 Å². The van der Waals surface area contributed by atoms with Crippen LogP contribution in [0, 0.1) is 0 Å². The van der Waals surface area contributed by atoms with Gasteiger partial charge in [0, 0.05) is 25.3 Å². The van der Waals surface area contributed by atoms with Crippen LogP contribution >= 0.6 is 0 Å². The average Bonchev–Trinajstić information content (AvgIpc) is 3.11. The molecule has 2 heterocycles. The van der Waals surface area contributed by atoms with Crippen molar-refractivity contribution in [3.8, 4) is 0 Å². The summed E-state index contributed by atoms with van der Waals surface area (Å²) < 4.78 is 11.9. The molecule has 140 valence electrons. The fraction of sp³-hybridized carbons (Fsp3) is 0.500. The van der Waals surface area contributed by atoms with Crippen LogP contribution in [0.3, 0.4) is 0 Å². The van der Waals surface area contributed by atoms with Crippen molar-refractivity contribution >= 4 is 28.8 Å². The van der Waals surface area contributed by atoms with E-state index >= 15 is 0 Å². The van der Waals surface area contributed by atoms with Crippen molar-refractivity contribution in [3.63, 3.8) is 0 Å². The fourth-order valence-corrected chi connectivity index (χ4v) is 3.02. The van der Waals surface area contributed by atoms with Gasteiger partial charge in [-0.05, 0) is 45.7 Å². The number of amides is 2. The van der Waals surface area contributed by atoms with E-state index in [1.54, 1.807) is 46.0 Å². The zero-order valence-corrected chi connectivity index (χ0v) is 15.4. The second kappa shape index (κ2) is 6.51. The van der Waals surface area contributed by atoms with Crippen molar-refractivity contribution in [2.45, 2.75) is 45.3 Å². The van der Waals surface area contributed by atoms with E-state index in [9.17, 15) is 14.4 Å². The smallest absolute Gasteiger partial charge is 0.419 e. The van der Waals surface area contributed by atoms with E-state index in [0.717, 1.165) is 6.42 Å². The van der Waals surface area contributed by atoms with Gasteiger partial charge in [-0.25, -0.2) is 9.59 Å². The lowest BCUT2D eigenvalue weighted by molar-refractivity contribution is -0.120. The lowest BCUT2D eigenvalue weighted by Gasteiger charge is -2.28. The number of carbonyl (C=O) groups is 2. The molecule has 1 aliphatic heterocycles. The van der Waals surface area contributed by atoms with Gasteiger partial charge in [0.25, 0.3) is 0 Å². The number of hydrogen-bond acceptors (Lipinski definition) is 5. The molecule has 1 saturated heterocycles. The second-order valence-corrected chi connectivity index (χ2v) is 7.43. The van der Waals surface area contributed by atoms with E-state index < -0.39 is 23.5 Å². The van der Waals surface area contributed by atoms with Crippen LogP contribution in [0.5, 0.6) is 0 Å². The minimum Gasteiger partial charge on any atom is -0.444 e. The average molecular weight is 361 g/mol. The van der Waals surface area contributed by atoms with Crippen molar-refractivity contribution < 1.29 is 18.7 Å². The molecular formula is C18H23N3O5. The molecule has 0 bridgehead atoms. The van der Waals surface area contributed by atoms with Crippen LogP contribution < -0.4 is 11.1 Å². The van der Waals surface area contributed by atoms with E-state index in [0.29, 0.717) is 29.8 Å². The number of oxazole rings is 1. The summed E-state index contributed by atoms with van der Waals surface area (Å²) in [5, 5.41) is 2.79. The highest BCUT2D eigenvalue weighted by Crippen LogP contribution is 2.23. The summed E-state index contributed by atoms with van der Waals surface area (Å²) in [6.07, 6.45) is 0.831. The highest BCUT2D eigenvalue weighted by molar-refractivity contribution is 5.98. The van der Waals surface area contributed by atoms with Gasteiger partial charge in [0.1, 0.15) is 11.6 Å². The standard InChI is InChI=1S/C18H23N3O5/c1-18(2,3)26-17(24)21-9-5-6-13(21)15(22)19-11-7-8-12-14(10-11)25-16(23)20(12)4/h7-8,10,13H,5-6,9H2,1-4H3,(H,19,22)/t13-/m0/s1. The number of aromatic nitrogens is 1. The molecule has 0 radical (unpaired) electrons. The van der Waals surface area contributed by atoms with Crippen LogP contribution in [0.15, 0.2) is 27.4 Å². The number of carbonyl (C=O) groups excluding carboxylic acids is 2. The van der Waals surface area contributed by atoms with E-state index in [-0.39, 0.29) is 5.91 Å². The van der Waals surface area contributed by atoms with Crippen LogP contribution in [-0.2, 0) is 16.6 Å². The summed E-state index contributed by atoms with van der Waals surface area (Å²) in [6.45, 7) is 5.86. The third kappa shape index (κ3) is 3.58. The molecular weight excluding hydrogens is 338 g/mol. The summed E-state index contributed by atoms with van der Waals surface area (Å²) in [4.78, 5) is 38.0. The minimum absolute atomic E-state index is 0.286. The quantitative estimate of drug-likeness (QED) is 0.887. The van der Waals surface area contributed by atoms with E-state index in [4.69, 9.17) is 9.15 Å². The van der Waals surface area contributed by atoms with Gasteiger partial charge in [-0.15, -0.1) is 0 Å². The molecule has 26 heavy (non-hydrogen) atoms. The molecule has 1 atom stereocenters. The van der Waals surface area contributed by atoms with Gasteiger partial charge >= 0.3 is 11.8 Å². The number of anilines is 1. The number of aryl methyl sites for hydroxylation is 1. The highest BCUT2D eigenvalue weighted by atomic mass is 16.6. The molecule has 8 heteroatoms. The van der Waals surface area contributed by atoms with Gasteiger partial charge in [0.05, 0.1) is 5.52 Å². The molecule has 1 N–H and O–H groups in total. The molecule has 2 amide bonds. The molecule has 1 aliphatic rings. The number of fused-ring (bicyclic) bond motifs is 1. The summed E-state index contributed by atoms with van der Waals surface area (Å²) in [6, 6.07) is 4.42. The van der Waals surface area contributed by atoms with Crippen LogP contribution in [0.1, 0.15) is 33.6 Å². The molecule has 0 unspecified atom stereocenters. The van der Waals surface area contributed by atoms with Crippen LogP contribution in [0.25, 0.3) is 11.1 Å². The zero-order valence-electron chi connectivity index (χ0n) is 15.4. The van der Waals surface area contributed by atoms with Crippen molar-refractivity contribution in [1.29, 1.82) is 0 Å². The number of nitrogens with zero attached hydrogens (tertiary/aromatic N) is 2. The molecule has 2 aromatic rings. The third-order valence-electron chi connectivity index (χ3n) is 4.24. The van der Waals surface area contributed by atoms with Crippen LogP contribution in [-0.4, -0.2) is 39.7 Å². The number of ether oxygens (including phenoxy) is 1. The number of likely N-dealkylation sites (tertiary alicyclic amines) is 1. The van der Waals surface area contributed by atoms with E-state index in [2.05, 4.69) is 5.32 Å². The Hall–Kier alpha value is -2.77. The van der Waals surface area contributed by atoms with Gasteiger partial charge in [-0.3, -0.25) is 14.3 Å². The molecule has 3 rings (SSSR count). The third-order valence-corrected chi connectivity index (χ3v) is 4.24. The second-order valence-electron chi connectivity index (χ2n) is 7.43. The molecule has 1 aromatic heterocycles. The van der Waals surface area contributed by atoms with Crippen molar-refractivity contribution in [2.75, 3.05) is 11.9 Å². The Bertz CT molecular complexity index is 906. The monoisotopic (exact) mass is 361 g/mol. The summed E-state index contributed by atoms with van der Waals surface area (Å²) >= 11 is 0. The van der Waals surface area contributed by atoms with Crippen molar-refractivity contribution in [2.24, 2.45) is 7.05 Å². The zero-order chi connectivity index (χ0) is 19.1. The number of benzene rings is 1. The minimum atomic E-state index is -0.614. The molecule has 0 spiro atoms.